The molecule has 0 radical (unpaired) electrons. The van der Waals surface area contributed by atoms with Crippen LogP contribution >= 0.6 is 81.2 Å². The first kappa shape index (κ1) is 69.3. The van der Waals surface area contributed by atoms with Gasteiger partial charge in [0.25, 0.3) is 17.7 Å². The smallest absolute Gasteiger partial charge is 0.308 e. The second-order valence-electron chi connectivity index (χ2n) is 22.0. The molecule has 9 rings (SSSR count). The number of amidine groups is 2. The van der Waals surface area contributed by atoms with E-state index in [0.717, 1.165) is 39.5 Å². The second kappa shape index (κ2) is 31.7. The number of anilines is 3. The number of hydrazine groups is 1. The number of carbonyl (C=O) groups excluding carboxylic acids is 5. The number of aliphatic imine (C=N–C) groups is 1. The van der Waals surface area contributed by atoms with Gasteiger partial charge < -0.3 is 20.1 Å². The van der Waals surface area contributed by atoms with Gasteiger partial charge in [-0.15, -0.1) is 5.10 Å². The highest BCUT2D eigenvalue weighted by atomic mass is 35.5. The van der Waals surface area contributed by atoms with Gasteiger partial charge in [0.2, 0.25) is 11.9 Å². The van der Waals surface area contributed by atoms with Crippen LogP contribution in [0.3, 0.4) is 0 Å². The molecule has 1 fully saturated rings. The zero-order chi connectivity index (χ0) is 65.7. The van der Waals surface area contributed by atoms with Crippen LogP contribution in [0.25, 0.3) is 0 Å². The summed E-state index contributed by atoms with van der Waals surface area (Å²) in [5.74, 6) is -1.85. The molecule has 0 saturated carbocycles. The van der Waals surface area contributed by atoms with Gasteiger partial charge >= 0.3 is 5.97 Å². The molecule has 91 heavy (non-hydrogen) atoms. The summed E-state index contributed by atoms with van der Waals surface area (Å²) in [5.41, 5.74) is 6.64. The number of hydrogen-bond donors (Lipinski definition) is 3. The number of amides is 4. The quantitative estimate of drug-likeness (QED) is 0.0334. The predicted molar refractivity (Wildman–Crippen MR) is 362 cm³/mol. The van der Waals surface area contributed by atoms with E-state index in [4.69, 9.17) is 90.7 Å². The fraction of sp³-hybridized carbons (Fsp3) is 0.303. The number of benzene rings is 6. The molecule has 25 heteroatoms. The monoisotopic (exact) mass is 1370 g/mol. The first-order chi connectivity index (χ1) is 43.5. The average molecular weight is 1370 g/mol. The lowest BCUT2D eigenvalue weighted by atomic mass is 9.75. The van der Waals surface area contributed by atoms with Crippen LogP contribution in [0, 0.1) is 25.2 Å². The standard InChI is InChI=1S/C33H28Cl4N6O3.C33H38Cl3N5O4/c1-4-28(46-23-7-5-6-19(3)14-23)32(44)38-22-12-13-24(35)27(17-22)39-31-29(41-40-21-10-8-18(2)9-11-21)33(45)43(42-31)30-25(36)15-20(34)16-26(30)37;1-5-7-16-45-31(43)23(17-21(3)22-12-9-8-10-13-22)20-33(4,6-2)32(44)38-29-28(40-15-11-14-37-40)30(42)41(39-29)27-25(35)18-24(34)19-26(27)36/h5-17,28-29H,4H2,1-3H3,(H,38,44)(H,39,42);8-15,18-19,21,23,28H,5-7,16-17,20H2,1-4H3,(H,38,39,44). The van der Waals surface area contributed by atoms with E-state index in [1.54, 1.807) is 48.7 Å². The van der Waals surface area contributed by atoms with E-state index in [1.807, 2.05) is 102 Å². The molecule has 6 atom stereocenters. The number of aryl methyl sites for hydroxylation is 2. The molecule has 0 spiro atoms. The lowest BCUT2D eigenvalue weighted by Gasteiger charge is -2.32. The first-order valence-corrected chi connectivity index (χ1v) is 31.9. The van der Waals surface area contributed by atoms with E-state index >= 15 is 0 Å². The summed E-state index contributed by atoms with van der Waals surface area (Å²) < 4.78 is 13.0. The summed E-state index contributed by atoms with van der Waals surface area (Å²) in [6.07, 6.45) is 5.65. The summed E-state index contributed by atoms with van der Waals surface area (Å²) in [4.78, 5) is 72.8. The van der Waals surface area contributed by atoms with Crippen LogP contribution in [-0.4, -0.2) is 69.8 Å². The first-order valence-electron chi connectivity index (χ1n) is 29.2. The van der Waals surface area contributed by atoms with E-state index in [2.05, 4.69) is 48.4 Å². The van der Waals surface area contributed by atoms with Crippen LogP contribution in [0.5, 0.6) is 5.75 Å². The molecule has 1 aromatic heterocycles. The Bertz CT molecular complexity index is 3830. The number of nitrogens with zero attached hydrogens (tertiary/aromatic N) is 8. The Morgan fingerprint density at radius 2 is 1.42 bits per heavy atom. The maximum atomic E-state index is 14.1. The highest BCUT2D eigenvalue weighted by Gasteiger charge is 2.45. The minimum Gasteiger partial charge on any atom is -0.481 e. The van der Waals surface area contributed by atoms with E-state index in [1.165, 1.54) is 35.1 Å². The molecule has 18 nitrogen and oxygen atoms in total. The van der Waals surface area contributed by atoms with Crippen LogP contribution in [0.4, 0.5) is 28.4 Å². The third-order valence-electron chi connectivity index (χ3n) is 15.1. The van der Waals surface area contributed by atoms with Gasteiger partial charge in [0.15, 0.2) is 23.8 Å². The van der Waals surface area contributed by atoms with Crippen molar-refractivity contribution >= 4 is 151 Å². The van der Waals surface area contributed by atoms with Gasteiger partial charge in [-0.05, 0) is 136 Å². The second-order valence-corrected chi connectivity index (χ2v) is 24.9. The largest absolute Gasteiger partial charge is 0.481 e. The minimum absolute atomic E-state index is 0.0511. The Morgan fingerprint density at radius 3 is 2.03 bits per heavy atom. The van der Waals surface area contributed by atoms with Gasteiger partial charge in [-0.3, -0.25) is 34.1 Å². The molecular weight excluding hydrogens is 1310 g/mol. The van der Waals surface area contributed by atoms with Gasteiger partial charge in [0, 0.05) is 33.5 Å². The van der Waals surface area contributed by atoms with Crippen molar-refractivity contribution in [2.75, 3.05) is 21.9 Å². The number of hydrazone groups is 1. The maximum absolute atomic E-state index is 14.1. The van der Waals surface area contributed by atoms with Crippen molar-refractivity contribution in [2.24, 2.45) is 31.7 Å². The molecule has 0 aliphatic carbocycles. The van der Waals surface area contributed by atoms with Crippen LogP contribution in [0.1, 0.15) is 102 Å². The summed E-state index contributed by atoms with van der Waals surface area (Å²) in [7, 11) is 0. The van der Waals surface area contributed by atoms with Gasteiger partial charge in [0.1, 0.15) is 17.1 Å². The van der Waals surface area contributed by atoms with Gasteiger partial charge in [-0.25, -0.2) is 10.0 Å². The summed E-state index contributed by atoms with van der Waals surface area (Å²) in [6, 6.07) is 34.8. The normalized spacial score (nSPS) is 16.8. The molecule has 7 aromatic rings. The zero-order valence-corrected chi connectivity index (χ0v) is 56.0. The number of esters is 1. The van der Waals surface area contributed by atoms with Crippen LogP contribution in [-0.2, 0) is 28.7 Å². The molecule has 6 unspecified atom stereocenters. The van der Waals surface area contributed by atoms with Crippen LogP contribution in [0.15, 0.2) is 160 Å². The third-order valence-corrected chi connectivity index (χ3v) is 17.0. The number of ether oxygens (including phenoxy) is 2. The number of rotatable bonds is 22. The molecule has 2 aliphatic heterocycles. The fourth-order valence-electron chi connectivity index (χ4n) is 9.87. The summed E-state index contributed by atoms with van der Waals surface area (Å²) in [6.45, 7) is 13.9. The highest BCUT2D eigenvalue weighted by molar-refractivity contribution is 6.44. The molecular formula is C66H66Cl7N11O7. The van der Waals surface area contributed by atoms with Crippen molar-refractivity contribution in [3.05, 3.63) is 192 Å². The van der Waals surface area contributed by atoms with E-state index in [-0.39, 0.29) is 84.0 Å². The number of halogens is 7. The minimum atomic E-state index is -1.20. The number of unbranched alkanes of at least 4 members (excludes halogenated alkanes) is 1. The van der Waals surface area contributed by atoms with Gasteiger partial charge in [-0.2, -0.15) is 20.3 Å². The van der Waals surface area contributed by atoms with Crippen LogP contribution in [0.2, 0.25) is 35.2 Å². The third kappa shape index (κ3) is 17.5. The van der Waals surface area contributed by atoms with Crippen molar-refractivity contribution < 1.29 is 33.4 Å². The van der Waals surface area contributed by atoms with Crippen LogP contribution < -0.4 is 30.8 Å². The summed E-state index contributed by atoms with van der Waals surface area (Å²) >= 11 is 44.5. The Balaban J connectivity index is 0.000000235. The van der Waals surface area contributed by atoms with Gasteiger partial charge in [0.05, 0.1) is 49.0 Å². The molecule has 0 bridgehead atoms. The summed E-state index contributed by atoms with van der Waals surface area (Å²) in [5, 5.41) is 26.6. The molecule has 2 aliphatic rings. The molecule has 3 N–H and O–H groups in total. The van der Waals surface area contributed by atoms with E-state index < -0.39 is 41.3 Å². The Kier molecular flexibility index (Phi) is 24.1. The molecule has 3 heterocycles. The van der Waals surface area contributed by atoms with E-state index in [9.17, 15) is 24.0 Å². The SMILES string of the molecule is CCC(Oc1cccc(C)c1)C(=O)Nc1ccc(Cl)c(N=C2NN(c3c(Cl)cc(Cl)cc3Cl)C(=O)C2N=Nc2ccc(C)cc2)c1.CCCCOC(=O)C(CC(C)c1ccccc1)CC(C)(CC)C(=O)NC1=NN(c2c(Cl)cc(Cl)cc2Cl)C(=O)C1n1cccn1. The van der Waals surface area contributed by atoms with Crippen molar-refractivity contribution in [3.8, 4) is 5.75 Å². The number of nitrogens with one attached hydrogen (secondary N) is 3. The number of carbonyl (C=O) groups is 5. The predicted octanol–water partition coefficient (Wildman–Crippen LogP) is 17.3. The molecule has 6 aromatic carbocycles. The van der Waals surface area contributed by atoms with Crippen molar-refractivity contribution in [1.82, 2.24) is 20.5 Å². The molecule has 4 amide bonds. The highest BCUT2D eigenvalue weighted by Crippen LogP contribution is 2.42. The Labute approximate surface area is 563 Å². The number of aromatic nitrogens is 2. The maximum Gasteiger partial charge on any atom is 0.308 e. The number of hydrogen-bond acceptors (Lipinski definition) is 12. The fourth-order valence-corrected chi connectivity index (χ4v) is 12.0. The van der Waals surface area contributed by atoms with Gasteiger partial charge in [-0.1, -0.05) is 182 Å². The van der Waals surface area contributed by atoms with Crippen molar-refractivity contribution in [2.45, 2.75) is 111 Å². The lowest BCUT2D eigenvalue weighted by molar-refractivity contribution is -0.151. The van der Waals surface area contributed by atoms with Crippen molar-refractivity contribution in [3.63, 3.8) is 0 Å². The topological polar surface area (TPSA) is 214 Å². The average Bonchev–Trinajstić information content (AvgIpc) is 1.65. The Morgan fingerprint density at radius 1 is 0.747 bits per heavy atom. The van der Waals surface area contributed by atoms with Crippen molar-refractivity contribution in [1.29, 1.82) is 0 Å². The molecule has 476 valence electrons. The zero-order valence-electron chi connectivity index (χ0n) is 50.7. The molecule has 1 saturated heterocycles. The lowest BCUT2D eigenvalue weighted by Crippen LogP contribution is -2.46. The Hall–Kier alpha value is -7.55. The number of azo groups is 1. The van der Waals surface area contributed by atoms with E-state index in [0.29, 0.717) is 53.0 Å².